The third kappa shape index (κ3) is 3.17. The van der Waals surface area contributed by atoms with E-state index < -0.39 is 27.3 Å². The monoisotopic (exact) mass is 315 g/mol. The van der Waals surface area contributed by atoms with Crippen LogP contribution in [-0.2, 0) is 14.8 Å². The summed E-state index contributed by atoms with van der Waals surface area (Å²) in [5.41, 5.74) is -0.434. The van der Waals surface area contributed by atoms with Gasteiger partial charge in [-0.3, -0.25) is 0 Å². The summed E-state index contributed by atoms with van der Waals surface area (Å²) in [5, 5.41) is 18.4. The quantitative estimate of drug-likeness (QED) is 0.855. The molecule has 1 aliphatic rings. The molecule has 7 nitrogen and oxygen atoms in total. The van der Waals surface area contributed by atoms with E-state index in [2.05, 4.69) is 0 Å². The second-order valence-corrected chi connectivity index (χ2v) is 6.69. The lowest BCUT2D eigenvalue weighted by molar-refractivity contribution is -0.00278. The highest BCUT2D eigenvalue weighted by molar-refractivity contribution is 7.89. The van der Waals surface area contributed by atoms with Gasteiger partial charge in [-0.1, -0.05) is 6.92 Å². The van der Waals surface area contributed by atoms with Crippen molar-refractivity contribution in [2.75, 3.05) is 19.7 Å². The van der Waals surface area contributed by atoms with Crippen molar-refractivity contribution in [3.05, 3.63) is 23.8 Å². The molecule has 0 aromatic heterocycles. The van der Waals surface area contributed by atoms with Gasteiger partial charge in [0.05, 0.1) is 17.6 Å². The molecule has 116 valence electrons. The number of morpholine rings is 1. The second-order valence-electron chi connectivity index (χ2n) is 4.75. The van der Waals surface area contributed by atoms with E-state index in [1.807, 2.05) is 6.92 Å². The molecule has 1 aromatic rings. The van der Waals surface area contributed by atoms with E-state index >= 15 is 0 Å². The second kappa shape index (κ2) is 6.00. The first-order valence-corrected chi connectivity index (χ1v) is 7.98. The van der Waals surface area contributed by atoms with E-state index in [-0.39, 0.29) is 24.1 Å². The van der Waals surface area contributed by atoms with Gasteiger partial charge < -0.3 is 14.9 Å². The molecular weight excluding hydrogens is 298 g/mol. The fourth-order valence-electron chi connectivity index (χ4n) is 2.15. The minimum atomic E-state index is -3.80. The van der Waals surface area contributed by atoms with E-state index in [4.69, 9.17) is 9.84 Å². The van der Waals surface area contributed by atoms with Gasteiger partial charge >= 0.3 is 5.97 Å². The maximum absolute atomic E-state index is 12.5. The summed E-state index contributed by atoms with van der Waals surface area (Å²) in [6, 6.07) is 3.25. The van der Waals surface area contributed by atoms with Gasteiger partial charge in [0.1, 0.15) is 11.3 Å². The summed E-state index contributed by atoms with van der Waals surface area (Å²) in [7, 11) is -3.80. The zero-order chi connectivity index (χ0) is 15.6. The van der Waals surface area contributed by atoms with Gasteiger partial charge in [0, 0.05) is 13.1 Å². The van der Waals surface area contributed by atoms with Gasteiger partial charge in [-0.25, -0.2) is 13.2 Å². The maximum atomic E-state index is 12.5. The predicted molar refractivity (Wildman–Crippen MR) is 73.9 cm³/mol. The van der Waals surface area contributed by atoms with Crippen molar-refractivity contribution < 1.29 is 28.2 Å². The van der Waals surface area contributed by atoms with Gasteiger partial charge in [-0.05, 0) is 24.6 Å². The first-order chi connectivity index (χ1) is 9.86. The Balaban J connectivity index is 2.35. The van der Waals surface area contributed by atoms with E-state index in [1.54, 1.807) is 0 Å². The Morgan fingerprint density at radius 3 is 2.81 bits per heavy atom. The molecule has 0 saturated carbocycles. The van der Waals surface area contributed by atoms with Crippen LogP contribution in [0, 0.1) is 0 Å². The molecule has 1 atom stereocenters. The van der Waals surface area contributed by atoms with Gasteiger partial charge in [-0.2, -0.15) is 4.31 Å². The number of sulfonamides is 1. The molecule has 1 aliphatic heterocycles. The Morgan fingerprint density at radius 2 is 2.19 bits per heavy atom. The first-order valence-electron chi connectivity index (χ1n) is 6.54. The van der Waals surface area contributed by atoms with Crippen LogP contribution < -0.4 is 0 Å². The number of carboxylic acids is 1. The molecule has 0 radical (unpaired) electrons. The van der Waals surface area contributed by atoms with Gasteiger partial charge in [0.2, 0.25) is 10.0 Å². The van der Waals surface area contributed by atoms with Crippen LogP contribution in [0.3, 0.4) is 0 Å². The highest BCUT2D eigenvalue weighted by Gasteiger charge is 2.31. The molecule has 1 heterocycles. The molecule has 0 spiro atoms. The van der Waals surface area contributed by atoms with E-state index in [0.717, 1.165) is 12.1 Å². The number of aromatic hydroxyl groups is 1. The number of hydrogen-bond acceptors (Lipinski definition) is 5. The topological polar surface area (TPSA) is 104 Å². The number of aromatic carboxylic acids is 1. The lowest BCUT2D eigenvalue weighted by Crippen LogP contribution is -2.45. The maximum Gasteiger partial charge on any atom is 0.339 e. The molecule has 1 saturated heterocycles. The Hall–Kier alpha value is -1.64. The average Bonchev–Trinajstić information content (AvgIpc) is 2.47. The highest BCUT2D eigenvalue weighted by atomic mass is 32.2. The van der Waals surface area contributed by atoms with Crippen molar-refractivity contribution in [2.45, 2.75) is 24.3 Å². The van der Waals surface area contributed by atoms with Crippen LogP contribution in [0.4, 0.5) is 0 Å². The average molecular weight is 315 g/mol. The smallest absolute Gasteiger partial charge is 0.339 e. The van der Waals surface area contributed by atoms with Crippen LogP contribution in [0.25, 0.3) is 0 Å². The molecule has 2 N–H and O–H groups in total. The summed E-state index contributed by atoms with van der Waals surface area (Å²) in [4.78, 5) is 10.8. The molecule has 8 heteroatoms. The largest absolute Gasteiger partial charge is 0.507 e. The van der Waals surface area contributed by atoms with Crippen LogP contribution in [0.2, 0.25) is 0 Å². The Morgan fingerprint density at radius 1 is 1.48 bits per heavy atom. The number of phenols is 1. The Kier molecular flexibility index (Phi) is 4.50. The molecule has 21 heavy (non-hydrogen) atoms. The minimum absolute atomic E-state index is 0.144. The molecule has 0 bridgehead atoms. The summed E-state index contributed by atoms with van der Waals surface area (Å²) < 4.78 is 31.8. The van der Waals surface area contributed by atoms with Crippen LogP contribution in [-0.4, -0.2) is 54.7 Å². The molecule has 1 unspecified atom stereocenters. The van der Waals surface area contributed by atoms with E-state index in [9.17, 15) is 18.3 Å². The standard InChI is InChI=1S/C13H17NO6S/c1-2-9-8-14(5-6-20-9)21(18,19)10-3-4-12(15)11(7-10)13(16)17/h3-4,7,9,15H,2,5-6,8H2,1H3,(H,16,17). The normalized spacial score (nSPS) is 20.3. The highest BCUT2D eigenvalue weighted by Crippen LogP contribution is 2.25. The van der Waals surface area contributed by atoms with Crippen LogP contribution in [0.5, 0.6) is 5.75 Å². The van der Waals surface area contributed by atoms with Gasteiger partial charge in [0.15, 0.2) is 0 Å². The number of rotatable bonds is 4. The molecule has 2 rings (SSSR count). The lowest BCUT2D eigenvalue weighted by Gasteiger charge is -2.31. The minimum Gasteiger partial charge on any atom is -0.507 e. The summed E-state index contributed by atoms with van der Waals surface area (Å²) in [5.74, 6) is -1.84. The Bertz CT molecular complexity index is 642. The van der Waals surface area contributed by atoms with E-state index in [1.165, 1.54) is 10.4 Å². The number of ether oxygens (including phenoxy) is 1. The van der Waals surface area contributed by atoms with Crippen LogP contribution in [0.1, 0.15) is 23.7 Å². The van der Waals surface area contributed by atoms with Crippen LogP contribution in [0.15, 0.2) is 23.1 Å². The fraction of sp³-hybridized carbons (Fsp3) is 0.462. The van der Waals surface area contributed by atoms with Crippen molar-refractivity contribution in [3.63, 3.8) is 0 Å². The number of benzene rings is 1. The summed E-state index contributed by atoms with van der Waals surface area (Å²) in [6.45, 7) is 2.68. The lowest BCUT2D eigenvalue weighted by atomic mass is 10.2. The SMILES string of the molecule is CCC1CN(S(=O)(=O)c2ccc(O)c(C(=O)O)c2)CCO1. The summed E-state index contributed by atoms with van der Waals surface area (Å²) in [6.07, 6.45) is 0.534. The van der Waals surface area contributed by atoms with Crippen molar-refractivity contribution in [1.29, 1.82) is 0 Å². The zero-order valence-corrected chi connectivity index (χ0v) is 12.3. The zero-order valence-electron chi connectivity index (χ0n) is 11.5. The van der Waals surface area contributed by atoms with Crippen molar-refractivity contribution >= 4 is 16.0 Å². The molecular formula is C13H17NO6S. The third-order valence-corrected chi connectivity index (χ3v) is 5.25. The predicted octanol–water partition coefficient (Wildman–Crippen LogP) is 0.890. The van der Waals surface area contributed by atoms with Crippen molar-refractivity contribution in [1.82, 2.24) is 4.31 Å². The van der Waals surface area contributed by atoms with Gasteiger partial charge in [-0.15, -0.1) is 0 Å². The molecule has 0 aliphatic carbocycles. The molecule has 1 fully saturated rings. The number of carbonyl (C=O) groups is 1. The van der Waals surface area contributed by atoms with E-state index in [0.29, 0.717) is 13.0 Å². The first kappa shape index (κ1) is 15.7. The Labute approximate surface area is 122 Å². The molecule has 0 amide bonds. The number of nitrogens with zero attached hydrogens (tertiary/aromatic N) is 1. The van der Waals surface area contributed by atoms with Crippen LogP contribution >= 0.6 is 0 Å². The fourth-order valence-corrected chi connectivity index (χ4v) is 3.64. The number of hydrogen-bond donors (Lipinski definition) is 2. The summed E-state index contributed by atoms with van der Waals surface area (Å²) >= 11 is 0. The van der Waals surface area contributed by atoms with Gasteiger partial charge in [0.25, 0.3) is 0 Å². The third-order valence-electron chi connectivity index (χ3n) is 3.39. The molecule has 1 aromatic carbocycles. The number of carboxylic acid groups (broad SMARTS) is 1. The van der Waals surface area contributed by atoms with Crippen molar-refractivity contribution in [2.24, 2.45) is 0 Å². The van der Waals surface area contributed by atoms with Crippen molar-refractivity contribution in [3.8, 4) is 5.75 Å².